The van der Waals surface area contributed by atoms with E-state index < -0.39 is 29.9 Å². The first-order valence-electron chi connectivity index (χ1n) is 11.7. The second kappa shape index (κ2) is 11.1. The molecule has 0 radical (unpaired) electrons. The number of rotatable bonds is 9. The zero-order valence-electron chi connectivity index (χ0n) is 20.1. The molecule has 1 aliphatic heterocycles. The van der Waals surface area contributed by atoms with E-state index in [9.17, 15) is 24.3 Å². The summed E-state index contributed by atoms with van der Waals surface area (Å²) in [6.45, 7) is 1.77. The molecule has 0 aromatic heterocycles. The summed E-state index contributed by atoms with van der Waals surface area (Å²) in [4.78, 5) is 51.0. The van der Waals surface area contributed by atoms with Crippen LogP contribution in [0.25, 0.3) is 0 Å². The lowest BCUT2D eigenvalue weighted by Crippen LogP contribution is -2.65. The topological polar surface area (TPSA) is 139 Å². The second-order valence-electron chi connectivity index (χ2n) is 9.26. The first-order chi connectivity index (χ1) is 16.6. The number of nitrogens with one attached hydrogen (secondary N) is 2. The fraction of sp³-hybridized carbons (Fsp3) is 0.385. The average molecular weight is 482 g/mol. The zero-order valence-corrected chi connectivity index (χ0v) is 20.1. The number of aromatic hydroxyl groups is 1. The van der Waals surface area contributed by atoms with Crippen molar-refractivity contribution in [3.8, 4) is 5.75 Å². The van der Waals surface area contributed by atoms with Gasteiger partial charge in [0, 0.05) is 32.6 Å². The molecule has 0 saturated carbocycles. The number of hydrogen-bond donors (Lipinski definition) is 4. The van der Waals surface area contributed by atoms with Gasteiger partial charge in [0.1, 0.15) is 17.8 Å². The van der Waals surface area contributed by atoms with E-state index in [4.69, 9.17) is 5.73 Å². The van der Waals surface area contributed by atoms with Crippen molar-refractivity contribution in [3.05, 3.63) is 65.7 Å². The van der Waals surface area contributed by atoms with Gasteiger partial charge < -0.3 is 21.5 Å². The number of amides is 4. The molecule has 186 valence electrons. The SMILES string of the molecule is CC(=O)NC(Cc1ccc(O)cc1)C(=O)[N+]1(C)CCCC1C(=O)NC(Cc1ccccc1)C(N)=O. The molecule has 9 nitrogen and oxygen atoms in total. The number of nitrogens with zero attached hydrogens (tertiary/aromatic N) is 1. The number of phenols is 1. The van der Waals surface area contributed by atoms with E-state index in [-0.39, 0.29) is 34.9 Å². The van der Waals surface area contributed by atoms with Crippen LogP contribution in [0.3, 0.4) is 0 Å². The minimum atomic E-state index is -0.905. The molecule has 0 bridgehead atoms. The van der Waals surface area contributed by atoms with Crippen LogP contribution in [-0.4, -0.2) is 64.9 Å². The normalized spacial score (nSPS) is 21.0. The lowest BCUT2D eigenvalue weighted by Gasteiger charge is -2.35. The Labute approximate surface area is 204 Å². The summed E-state index contributed by atoms with van der Waals surface area (Å²) in [5.41, 5.74) is 7.19. The van der Waals surface area contributed by atoms with E-state index in [1.54, 1.807) is 19.2 Å². The lowest BCUT2D eigenvalue weighted by atomic mass is 10.0. The number of likely N-dealkylation sites (N-methyl/N-ethyl adjacent to an activating group) is 1. The molecule has 0 aliphatic carbocycles. The predicted octanol–water partition coefficient (Wildman–Crippen LogP) is 0.788. The monoisotopic (exact) mass is 481 g/mol. The van der Waals surface area contributed by atoms with Crippen molar-refractivity contribution >= 4 is 23.6 Å². The molecule has 1 fully saturated rings. The van der Waals surface area contributed by atoms with Crippen LogP contribution in [0.15, 0.2) is 54.6 Å². The Morgan fingerprint density at radius 2 is 1.57 bits per heavy atom. The van der Waals surface area contributed by atoms with Crippen LogP contribution in [-0.2, 0) is 32.0 Å². The molecule has 3 rings (SSSR count). The van der Waals surface area contributed by atoms with Crippen molar-refractivity contribution < 1.29 is 28.8 Å². The van der Waals surface area contributed by atoms with Gasteiger partial charge in [-0.3, -0.25) is 18.9 Å². The van der Waals surface area contributed by atoms with Crippen molar-refractivity contribution in [2.75, 3.05) is 13.6 Å². The third kappa shape index (κ3) is 6.45. The first-order valence-corrected chi connectivity index (χ1v) is 11.7. The van der Waals surface area contributed by atoms with Gasteiger partial charge in [-0.05, 0) is 23.3 Å². The van der Waals surface area contributed by atoms with Gasteiger partial charge in [-0.1, -0.05) is 42.5 Å². The summed E-state index contributed by atoms with van der Waals surface area (Å²) in [5.74, 6) is -1.60. The number of carbonyl (C=O) groups excluding carboxylic acids is 4. The highest BCUT2D eigenvalue weighted by Gasteiger charge is 2.51. The number of phenolic OH excluding ortho intramolecular Hbond substituents is 1. The number of primary amides is 1. The number of carbonyl (C=O) groups is 4. The lowest BCUT2D eigenvalue weighted by molar-refractivity contribution is -0.838. The van der Waals surface area contributed by atoms with Crippen LogP contribution in [0.4, 0.5) is 0 Å². The number of quaternary nitrogens is 1. The molecule has 4 amide bonds. The molecule has 2 aromatic carbocycles. The van der Waals surface area contributed by atoms with Gasteiger partial charge in [0.05, 0.1) is 13.6 Å². The fourth-order valence-corrected chi connectivity index (χ4v) is 4.72. The number of benzene rings is 2. The first kappa shape index (κ1) is 25.9. The number of nitrogens with two attached hydrogens (primary N) is 1. The molecule has 0 spiro atoms. The Balaban J connectivity index is 1.78. The van der Waals surface area contributed by atoms with Crippen LogP contribution < -0.4 is 16.4 Å². The van der Waals surface area contributed by atoms with Crippen molar-refractivity contribution in [2.45, 2.75) is 50.7 Å². The van der Waals surface area contributed by atoms with Crippen LogP contribution in [0, 0.1) is 0 Å². The van der Waals surface area contributed by atoms with Gasteiger partial charge in [-0.15, -0.1) is 0 Å². The average Bonchev–Trinajstić information content (AvgIpc) is 3.22. The zero-order chi connectivity index (χ0) is 25.6. The summed E-state index contributed by atoms with van der Waals surface area (Å²) in [7, 11) is 1.70. The van der Waals surface area contributed by atoms with Gasteiger partial charge in [-0.2, -0.15) is 0 Å². The smallest absolute Gasteiger partial charge is 0.336 e. The van der Waals surface area contributed by atoms with E-state index in [1.807, 2.05) is 30.3 Å². The second-order valence-corrected chi connectivity index (χ2v) is 9.26. The highest BCUT2D eigenvalue weighted by molar-refractivity contribution is 5.91. The van der Waals surface area contributed by atoms with Gasteiger partial charge in [0.25, 0.3) is 5.91 Å². The molecule has 5 N–H and O–H groups in total. The van der Waals surface area contributed by atoms with Gasteiger partial charge in [0.15, 0.2) is 6.04 Å². The van der Waals surface area contributed by atoms with Crippen LogP contribution in [0.2, 0.25) is 0 Å². The molecular weight excluding hydrogens is 448 g/mol. The molecule has 9 heteroatoms. The maximum Gasteiger partial charge on any atom is 0.336 e. The van der Waals surface area contributed by atoms with E-state index in [0.29, 0.717) is 19.4 Å². The molecule has 1 aliphatic rings. The van der Waals surface area contributed by atoms with E-state index in [0.717, 1.165) is 11.1 Å². The highest BCUT2D eigenvalue weighted by Crippen LogP contribution is 2.28. The Bertz CT molecular complexity index is 1070. The van der Waals surface area contributed by atoms with Crippen molar-refractivity contribution in [1.82, 2.24) is 10.6 Å². The Morgan fingerprint density at radius 1 is 0.971 bits per heavy atom. The predicted molar refractivity (Wildman–Crippen MR) is 130 cm³/mol. The number of likely N-dealkylation sites (tertiary alicyclic amines) is 1. The highest BCUT2D eigenvalue weighted by atomic mass is 16.3. The largest absolute Gasteiger partial charge is 0.508 e. The third-order valence-electron chi connectivity index (χ3n) is 6.59. The minimum Gasteiger partial charge on any atom is -0.508 e. The van der Waals surface area contributed by atoms with Gasteiger partial charge >= 0.3 is 5.91 Å². The number of hydrogen-bond acceptors (Lipinski definition) is 5. The Hall–Kier alpha value is -3.72. The molecule has 1 heterocycles. The molecule has 35 heavy (non-hydrogen) atoms. The Kier molecular flexibility index (Phi) is 8.24. The van der Waals surface area contributed by atoms with Gasteiger partial charge in [0.2, 0.25) is 11.8 Å². The maximum absolute atomic E-state index is 13.7. The van der Waals surface area contributed by atoms with Crippen molar-refractivity contribution in [3.63, 3.8) is 0 Å². The molecule has 1 saturated heterocycles. The fourth-order valence-electron chi connectivity index (χ4n) is 4.72. The van der Waals surface area contributed by atoms with Gasteiger partial charge in [-0.25, -0.2) is 4.79 Å². The van der Waals surface area contributed by atoms with Crippen molar-refractivity contribution in [2.24, 2.45) is 5.73 Å². The summed E-state index contributed by atoms with van der Waals surface area (Å²) >= 11 is 0. The van der Waals surface area contributed by atoms with Crippen molar-refractivity contribution in [1.29, 1.82) is 0 Å². The summed E-state index contributed by atoms with van der Waals surface area (Å²) in [5, 5.41) is 15.0. The molecule has 4 unspecified atom stereocenters. The summed E-state index contributed by atoms with van der Waals surface area (Å²) in [6, 6.07) is 13.2. The summed E-state index contributed by atoms with van der Waals surface area (Å²) < 4.78 is -0.189. The molecular formula is C26H33N4O5+. The van der Waals surface area contributed by atoms with E-state index >= 15 is 0 Å². The molecule has 2 aromatic rings. The minimum absolute atomic E-state index is 0.103. The Morgan fingerprint density at radius 3 is 2.17 bits per heavy atom. The van der Waals surface area contributed by atoms with E-state index in [2.05, 4.69) is 10.6 Å². The van der Waals surface area contributed by atoms with E-state index in [1.165, 1.54) is 19.1 Å². The maximum atomic E-state index is 13.7. The van der Waals surface area contributed by atoms with Crippen LogP contribution >= 0.6 is 0 Å². The van der Waals surface area contributed by atoms with Crippen LogP contribution in [0.5, 0.6) is 5.75 Å². The third-order valence-corrected chi connectivity index (χ3v) is 6.59. The van der Waals surface area contributed by atoms with Crippen LogP contribution in [0.1, 0.15) is 30.9 Å². The molecule has 4 atom stereocenters. The quantitative estimate of drug-likeness (QED) is 0.392. The summed E-state index contributed by atoms with van der Waals surface area (Å²) in [6.07, 6.45) is 1.59. The standard InChI is InChI=1S/C26H32N4O5/c1-17(31)28-22(16-19-10-12-20(32)13-11-19)26(35)30(2)14-6-9-23(30)25(34)29-21(24(27)33)15-18-7-4-3-5-8-18/h3-5,7-8,10-13,21-23H,6,9,14-16H2,1-2H3,(H4-,27,28,29,31,32,33,34)/p+1.